The summed E-state index contributed by atoms with van der Waals surface area (Å²) in [6.07, 6.45) is 6.19. The predicted octanol–water partition coefficient (Wildman–Crippen LogP) is 5.88. The van der Waals surface area contributed by atoms with Crippen molar-refractivity contribution in [1.82, 2.24) is 14.8 Å². The molecule has 6 rings (SSSR count). The highest BCUT2D eigenvalue weighted by Gasteiger charge is 2.39. The van der Waals surface area contributed by atoms with E-state index >= 15 is 0 Å². The third kappa shape index (κ3) is 5.16. The van der Waals surface area contributed by atoms with Gasteiger partial charge in [-0.1, -0.05) is 0 Å². The van der Waals surface area contributed by atoms with Gasteiger partial charge >= 0.3 is 0 Å². The van der Waals surface area contributed by atoms with Crippen molar-refractivity contribution in [3.63, 3.8) is 0 Å². The van der Waals surface area contributed by atoms with Crippen LogP contribution in [0.5, 0.6) is 11.5 Å². The van der Waals surface area contributed by atoms with Crippen LogP contribution in [0.3, 0.4) is 0 Å². The first-order chi connectivity index (χ1) is 18.2. The number of aromatic nitrogens is 3. The summed E-state index contributed by atoms with van der Waals surface area (Å²) in [7, 11) is 0. The summed E-state index contributed by atoms with van der Waals surface area (Å²) in [6.45, 7) is 2.70. The smallest absolute Gasteiger partial charge is 0.248 e. The number of rotatable bonds is 7. The van der Waals surface area contributed by atoms with Crippen LogP contribution in [0, 0.1) is 11.3 Å². The largest absolute Gasteiger partial charge is 0.454 e. The summed E-state index contributed by atoms with van der Waals surface area (Å²) in [6, 6.07) is 11.5. The van der Waals surface area contributed by atoms with Crippen molar-refractivity contribution in [3.05, 3.63) is 54.0 Å². The molecule has 0 bridgehead atoms. The van der Waals surface area contributed by atoms with Crippen molar-refractivity contribution in [2.75, 3.05) is 23.3 Å². The average molecular weight is 521 g/mol. The van der Waals surface area contributed by atoms with E-state index in [1.54, 1.807) is 31.3 Å². The second-order valence-corrected chi connectivity index (χ2v) is 11.0. The molecular formula is C28H30F2N6O2. The van der Waals surface area contributed by atoms with Crippen LogP contribution >= 0.6 is 0 Å². The summed E-state index contributed by atoms with van der Waals surface area (Å²) in [4.78, 5) is 6.38. The number of nitrogens with one attached hydrogen (secondary N) is 1. The maximum Gasteiger partial charge on any atom is 0.248 e. The molecule has 2 saturated carbocycles. The molecule has 3 fully saturated rings. The number of alkyl halides is 2. The molecule has 0 unspecified atom stereocenters. The van der Waals surface area contributed by atoms with Gasteiger partial charge in [-0.2, -0.15) is 10.4 Å². The Kier molecular flexibility index (Phi) is 5.99. The Labute approximate surface area is 219 Å². The lowest BCUT2D eigenvalue weighted by Gasteiger charge is -2.46. The third-order valence-electron chi connectivity index (χ3n) is 7.50. The number of halogens is 2. The van der Waals surface area contributed by atoms with Crippen LogP contribution in [0.1, 0.15) is 68.7 Å². The Hall–Kier alpha value is -3.71. The fourth-order valence-electron chi connectivity index (χ4n) is 5.32. The summed E-state index contributed by atoms with van der Waals surface area (Å²) in [5, 5.41) is 27.7. The van der Waals surface area contributed by atoms with Crippen LogP contribution in [0.15, 0.2) is 42.7 Å². The number of nitriles is 1. The average Bonchev–Trinajstić information content (AvgIpc) is 3.64. The number of ether oxygens (including phenoxy) is 1. The van der Waals surface area contributed by atoms with Gasteiger partial charge in [-0.25, -0.2) is 13.8 Å². The van der Waals surface area contributed by atoms with E-state index in [1.165, 1.54) is 0 Å². The summed E-state index contributed by atoms with van der Waals surface area (Å²) >= 11 is 0. The highest BCUT2D eigenvalue weighted by Crippen LogP contribution is 2.45. The lowest BCUT2D eigenvalue weighted by atomic mass is 9.84. The van der Waals surface area contributed by atoms with Gasteiger partial charge in [0, 0.05) is 49.8 Å². The van der Waals surface area contributed by atoms with Crippen LogP contribution in [0.25, 0.3) is 0 Å². The lowest BCUT2D eigenvalue weighted by molar-refractivity contribution is -0.0386. The number of hydrogen-bond donors (Lipinski definition) is 2. The number of β-amino-alcohol motifs (C(OH)–C–C–N with tert-alkyl or cyclic N) is 1. The molecule has 2 aromatic heterocycles. The number of benzene rings is 1. The van der Waals surface area contributed by atoms with Crippen molar-refractivity contribution in [2.45, 2.75) is 68.9 Å². The molecule has 198 valence electrons. The molecule has 0 amide bonds. The second-order valence-electron chi connectivity index (χ2n) is 11.0. The van der Waals surface area contributed by atoms with E-state index in [0.29, 0.717) is 54.9 Å². The summed E-state index contributed by atoms with van der Waals surface area (Å²) in [5.41, 5.74) is 2.04. The molecule has 1 saturated heterocycles. The van der Waals surface area contributed by atoms with Gasteiger partial charge in [-0.3, -0.25) is 4.68 Å². The highest BCUT2D eigenvalue weighted by atomic mass is 19.3. The van der Waals surface area contributed by atoms with Crippen molar-refractivity contribution in [1.29, 1.82) is 5.26 Å². The molecule has 3 aliphatic rings. The van der Waals surface area contributed by atoms with E-state index in [1.807, 2.05) is 27.9 Å². The molecule has 8 nitrogen and oxygen atoms in total. The molecule has 2 aliphatic carbocycles. The van der Waals surface area contributed by atoms with Crippen LogP contribution in [-0.4, -0.2) is 44.5 Å². The number of hydrogen-bond acceptors (Lipinski definition) is 7. The molecule has 0 atom stereocenters. The van der Waals surface area contributed by atoms with Crippen molar-refractivity contribution in [3.8, 4) is 17.6 Å². The minimum atomic E-state index is -2.60. The van der Waals surface area contributed by atoms with Gasteiger partial charge in [0.15, 0.2) is 5.75 Å². The zero-order valence-corrected chi connectivity index (χ0v) is 21.2. The standard InChI is InChI=1S/C28H30F2N6O2/c1-27(37)16-35(17-27)23-12-20(3-2-19(23)14-31)33-25-13-22(8-11-32-25)38-24-15-36(21-4-5-21)34-26(24)18-6-9-28(29,30)10-7-18/h2-3,8,11-13,15,18,21,37H,4-7,9-10,16-17H2,1H3,(H,32,33). The van der Waals surface area contributed by atoms with E-state index < -0.39 is 11.5 Å². The second kappa shape index (κ2) is 9.24. The first kappa shape index (κ1) is 24.6. The topological polar surface area (TPSA) is 99.2 Å². The van der Waals surface area contributed by atoms with Gasteiger partial charge < -0.3 is 20.1 Å². The van der Waals surface area contributed by atoms with Gasteiger partial charge in [-0.15, -0.1) is 0 Å². The van der Waals surface area contributed by atoms with Crippen LogP contribution in [-0.2, 0) is 0 Å². The van der Waals surface area contributed by atoms with Crippen LogP contribution in [0.4, 0.5) is 26.0 Å². The molecule has 3 heterocycles. The van der Waals surface area contributed by atoms with E-state index in [9.17, 15) is 19.1 Å². The SMILES string of the molecule is CC1(O)CN(c2cc(Nc3cc(Oc4cn(C5CC5)nc4C4CCC(F)(F)CC4)ccn3)ccc2C#N)C1. The van der Waals surface area contributed by atoms with Crippen molar-refractivity contribution < 1.29 is 18.6 Å². The van der Waals surface area contributed by atoms with Crippen molar-refractivity contribution in [2.24, 2.45) is 0 Å². The Morgan fingerprint density at radius 1 is 1.13 bits per heavy atom. The molecule has 2 N–H and O–H groups in total. The molecule has 1 aliphatic heterocycles. The Morgan fingerprint density at radius 2 is 1.89 bits per heavy atom. The van der Waals surface area contributed by atoms with Gasteiger partial charge in [0.2, 0.25) is 5.92 Å². The quantitative estimate of drug-likeness (QED) is 0.401. The monoisotopic (exact) mass is 520 g/mol. The van der Waals surface area contributed by atoms with Gasteiger partial charge in [0.1, 0.15) is 23.3 Å². The fourth-order valence-corrected chi connectivity index (χ4v) is 5.32. The predicted molar refractivity (Wildman–Crippen MR) is 138 cm³/mol. The zero-order chi connectivity index (χ0) is 26.5. The summed E-state index contributed by atoms with van der Waals surface area (Å²) in [5.74, 6) is -0.922. The van der Waals surface area contributed by atoms with Crippen LogP contribution in [0.2, 0.25) is 0 Å². The Morgan fingerprint density at radius 3 is 2.58 bits per heavy atom. The van der Waals surface area contributed by atoms with E-state index in [0.717, 1.165) is 29.9 Å². The van der Waals surface area contributed by atoms with Gasteiger partial charge in [0.05, 0.1) is 29.1 Å². The molecule has 0 radical (unpaired) electrons. The first-order valence-corrected chi connectivity index (χ1v) is 13.1. The van der Waals surface area contributed by atoms with E-state index in [-0.39, 0.29) is 18.8 Å². The molecule has 3 aromatic rings. The normalized spacial score (nSPS) is 20.4. The van der Waals surface area contributed by atoms with Gasteiger partial charge in [0.25, 0.3) is 0 Å². The fraction of sp³-hybridized carbons (Fsp3) is 0.464. The first-order valence-electron chi connectivity index (χ1n) is 13.1. The van der Waals surface area contributed by atoms with E-state index in [2.05, 4.69) is 16.4 Å². The Bertz CT molecular complexity index is 1380. The lowest BCUT2D eigenvalue weighted by Crippen LogP contribution is -2.60. The molecule has 10 heteroatoms. The maximum atomic E-state index is 13.8. The molecule has 0 spiro atoms. The molecular weight excluding hydrogens is 490 g/mol. The Balaban J connectivity index is 1.21. The molecule has 1 aromatic carbocycles. The minimum absolute atomic E-state index is 0.0524. The van der Waals surface area contributed by atoms with Crippen molar-refractivity contribution >= 4 is 17.2 Å². The zero-order valence-electron chi connectivity index (χ0n) is 21.2. The van der Waals surface area contributed by atoms with Crippen LogP contribution < -0.4 is 15.0 Å². The number of anilines is 3. The number of pyridine rings is 1. The third-order valence-corrected chi connectivity index (χ3v) is 7.50. The van der Waals surface area contributed by atoms with Gasteiger partial charge in [-0.05, 0) is 56.9 Å². The number of aliphatic hydroxyl groups is 1. The maximum absolute atomic E-state index is 13.8. The highest BCUT2D eigenvalue weighted by molar-refractivity contribution is 5.70. The number of nitrogens with zero attached hydrogens (tertiary/aromatic N) is 5. The molecule has 38 heavy (non-hydrogen) atoms. The van der Waals surface area contributed by atoms with E-state index in [4.69, 9.17) is 9.84 Å². The summed E-state index contributed by atoms with van der Waals surface area (Å²) < 4.78 is 35.7. The minimum Gasteiger partial charge on any atom is -0.454 e.